The molecule has 0 aliphatic heterocycles. The van der Waals surface area contributed by atoms with E-state index in [1.54, 1.807) is 0 Å². The van der Waals surface area contributed by atoms with Crippen LogP contribution in [0.15, 0.2) is 0 Å². The molecule has 0 nitrogen and oxygen atoms in total. The van der Waals surface area contributed by atoms with E-state index in [9.17, 15) is 17.3 Å². The van der Waals surface area contributed by atoms with Gasteiger partial charge in [-0.1, -0.05) is 20.8 Å². The summed E-state index contributed by atoms with van der Waals surface area (Å²) in [6, 6.07) is 0. The lowest BCUT2D eigenvalue weighted by molar-refractivity contribution is 0.368. The van der Waals surface area contributed by atoms with Crippen LogP contribution >= 0.6 is 9.24 Å². The number of rotatable bonds is 0. The zero-order chi connectivity index (χ0) is 9.71. The Balaban J connectivity index is 0. The third-order valence-electron chi connectivity index (χ3n) is 0.612. The maximum Gasteiger partial charge on any atom is 0.673 e. The average molecular weight is 191 g/mol. The van der Waals surface area contributed by atoms with Gasteiger partial charge in [0.1, 0.15) is 0 Å². The summed E-state index contributed by atoms with van der Waals surface area (Å²) in [6.45, 7) is 6.67. The van der Waals surface area contributed by atoms with Gasteiger partial charge < -0.3 is 17.3 Å². The topological polar surface area (TPSA) is 0 Å². The monoisotopic (exact) mass is 191 g/mol. The second-order valence-electron chi connectivity index (χ2n) is 3.26. The van der Waals surface area contributed by atoms with Crippen molar-refractivity contribution >= 4 is 16.5 Å². The Morgan fingerprint density at radius 1 is 1.09 bits per heavy atom. The first-order valence-corrected chi connectivity index (χ1v) is 3.95. The summed E-state index contributed by atoms with van der Waals surface area (Å²) in [5, 5.41) is 0. The molecule has 0 amide bonds. The molecule has 0 fully saturated rings. The fourth-order valence-corrected chi connectivity index (χ4v) is 0. The van der Waals surface area contributed by atoms with Crippen molar-refractivity contribution in [2.75, 3.05) is 6.16 Å². The molecule has 6 heteroatoms. The average Bonchev–Trinajstić information content (AvgIpc) is 1.59. The van der Waals surface area contributed by atoms with E-state index in [0.717, 1.165) is 0 Å². The summed E-state index contributed by atoms with van der Waals surface area (Å²) in [5.74, 6) is 0. The molecule has 0 aliphatic rings. The van der Waals surface area contributed by atoms with E-state index < -0.39 is 7.25 Å². The van der Waals surface area contributed by atoms with Gasteiger partial charge in [-0.25, -0.2) is 0 Å². The van der Waals surface area contributed by atoms with Crippen LogP contribution in [0.1, 0.15) is 20.8 Å². The number of hydrogen-bond donors (Lipinski definition) is 0. The van der Waals surface area contributed by atoms with Crippen LogP contribution in [0.3, 0.4) is 0 Å². The van der Waals surface area contributed by atoms with Crippen LogP contribution in [0.4, 0.5) is 17.3 Å². The molecule has 0 heterocycles. The first-order chi connectivity index (χ1) is 4.56. The highest BCUT2D eigenvalue weighted by molar-refractivity contribution is 7.16. The number of hydrogen-bond acceptors (Lipinski definition) is 0. The molecule has 0 aromatic rings. The molecular formula is C5H13BF4P-. The molecule has 0 aromatic heterocycles. The number of halogens is 4. The highest BCUT2D eigenvalue weighted by Gasteiger charge is 2.20. The molecule has 0 saturated heterocycles. The summed E-state index contributed by atoms with van der Waals surface area (Å²) < 4.78 is 39.0. The van der Waals surface area contributed by atoms with Gasteiger partial charge in [0.05, 0.1) is 0 Å². The molecule has 0 bridgehead atoms. The molecule has 0 N–H and O–H groups in total. The van der Waals surface area contributed by atoms with Crippen LogP contribution in [0.5, 0.6) is 0 Å². The third kappa shape index (κ3) is 66.7. The van der Waals surface area contributed by atoms with Gasteiger partial charge in [0.2, 0.25) is 0 Å². The smallest absolute Gasteiger partial charge is 0.418 e. The van der Waals surface area contributed by atoms with Gasteiger partial charge in [-0.05, 0) is 11.6 Å². The van der Waals surface area contributed by atoms with Gasteiger partial charge in [-0.3, -0.25) is 0 Å². The highest BCUT2D eigenvalue weighted by Crippen LogP contribution is 2.14. The minimum atomic E-state index is -6.00. The molecule has 0 aromatic carbocycles. The van der Waals surface area contributed by atoms with E-state index >= 15 is 0 Å². The lowest BCUT2D eigenvalue weighted by Crippen LogP contribution is -2.04. The first kappa shape index (κ1) is 13.8. The lowest BCUT2D eigenvalue weighted by atomic mass is 10.0. The van der Waals surface area contributed by atoms with Gasteiger partial charge in [0.15, 0.2) is 0 Å². The van der Waals surface area contributed by atoms with Crippen molar-refractivity contribution in [3.05, 3.63) is 0 Å². The Bertz CT molecular complexity index is 89.6. The highest BCUT2D eigenvalue weighted by atomic mass is 31.0. The maximum atomic E-state index is 9.75. The van der Waals surface area contributed by atoms with Crippen molar-refractivity contribution in [3.63, 3.8) is 0 Å². The first-order valence-electron chi connectivity index (χ1n) is 3.13. The van der Waals surface area contributed by atoms with Crippen molar-refractivity contribution in [1.82, 2.24) is 0 Å². The van der Waals surface area contributed by atoms with Crippen LogP contribution in [-0.4, -0.2) is 13.4 Å². The second kappa shape index (κ2) is 4.97. The van der Waals surface area contributed by atoms with E-state index in [1.165, 1.54) is 6.16 Å². The predicted molar refractivity (Wildman–Crippen MR) is 44.2 cm³/mol. The quantitative estimate of drug-likeness (QED) is 0.313. The SMILES string of the molecule is CC(C)(C)CP.F[B-](F)(F)F. The van der Waals surface area contributed by atoms with Crippen molar-refractivity contribution in [3.8, 4) is 0 Å². The Labute approximate surface area is 67.1 Å². The molecular weight excluding hydrogens is 178 g/mol. The summed E-state index contributed by atoms with van der Waals surface area (Å²) >= 11 is 0. The van der Waals surface area contributed by atoms with Crippen LogP contribution in [0.2, 0.25) is 0 Å². The summed E-state index contributed by atoms with van der Waals surface area (Å²) in [6.07, 6.45) is 1.19. The fraction of sp³-hybridized carbons (Fsp3) is 1.00. The minimum absolute atomic E-state index is 0.505. The van der Waals surface area contributed by atoms with E-state index in [2.05, 4.69) is 30.0 Å². The fourth-order valence-electron chi connectivity index (χ4n) is 0. The molecule has 0 saturated carbocycles. The van der Waals surface area contributed by atoms with Crippen LogP contribution < -0.4 is 0 Å². The standard InChI is InChI=1S/C5H13P.BF4/c1-5(2,3)4-6;2-1(3,4)5/h4,6H2,1-3H3;/q;-1. The van der Waals surface area contributed by atoms with Crippen molar-refractivity contribution in [1.29, 1.82) is 0 Å². The van der Waals surface area contributed by atoms with Gasteiger partial charge in [-0.15, -0.1) is 9.24 Å². The van der Waals surface area contributed by atoms with Crippen LogP contribution in [0.25, 0.3) is 0 Å². The Morgan fingerprint density at radius 3 is 1.18 bits per heavy atom. The molecule has 1 unspecified atom stereocenters. The van der Waals surface area contributed by atoms with Gasteiger partial charge in [0.25, 0.3) is 0 Å². The molecule has 0 rings (SSSR count). The molecule has 1 atom stereocenters. The summed E-state index contributed by atoms with van der Waals surface area (Å²) in [5.41, 5.74) is 0.505. The zero-order valence-electron chi connectivity index (χ0n) is 6.87. The Hall–Kier alpha value is 0.215. The Morgan fingerprint density at radius 2 is 1.18 bits per heavy atom. The van der Waals surface area contributed by atoms with E-state index in [4.69, 9.17) is 0 Å². The Kier molecular flexibility index (Phi) is 6.22. The summed E-state index contributed by atoms with van der Waals surface area (Å²) in [4.78, 5) is 0. The second-order valence-corrected chi connectivity index (χ2v) is 3.67. The lowest BCUT2D eigenvalue weighted by Gasteiger charge is -2.12. The zero-order valence-corrected chi connectivity index (χ0v) is 8.03. The molecule has 11 heavy (non-hydrogen) atoms. The van der Waals surface area contributed by atoms with Crippen molar-refractivity contribution in [2.45, 2.75) is 20.8 Å². The molecule has 0 radical (unpaired) electrons. The van der Waals surface area contributed by atoms with Gasteiger partial charge >= 0.3 is 7.25 Å². The van der Waals surface area contributed by atoms with Crippen LogP contribution in [-0.2, 0) is 0 Å². The van der Waals surface area contributed by atoms with Gasteiger partial charge in [-0.2, -0.15) is 0 Å². The normalized spacial score (nSPS) is 12.0. The predicted octanol–water partition coefficient (Wildman–Crippen LogP) is 3.21. The van der Waals surface area contributed by atoms with E-state index in [0.29, 0.717) is 5.41 Å². The molecule has 70 valence electrons. The maximum absolute atomic E-state index is 9.75. The van der Waals surface area contributed by atoms with Crippen molar-refractivity contribution < 1.29 is 17.3 Å². The third-order valence-corrected chi connectivity index (χ3v) is 1.84. The molecule has 0 spiro atoms. The van der Waals surface area contributed by atoms with E-state index in [1.807, 2.05) is 0 Å². The van der Waals surface area contributed by atoms with Crippen LogP contribution in [0, 0.1) is 5.41 Å². The van der Waals surface area contributed by atoms with Gasteiger partial charge in [0, 0.05) is 0 Å². The largest absolute Gasteiger partial charge is 0.673 e. The minimum Gasteiger partial charge on any atom is -0.418 e. The van der Waals surface area contributed by atoms with E-state index in [-0.39, 0.29) is 0 Å². The molecule has 0 aliphatic carbocycles. The summed E-state index contributed by atoms with van der Waals surface area (Å²) in [7, 11) is -3.28. The van der Waals surface area contributed by atoms with Crippen molar-refractivity contribution in [2.24, 2.45) is 5.41 Å².